The Morgan fingerprint density at radius 2 is 1.78 bits per heavy atom. The fourth-order valence-electron chi connectivity index (χ4n) is 11.0. The molecule has 0 bridgehead atoms. The number of alkyl halides is 1. The van der Waals surface area contributed by atoms with Crippen molar-refractivity contribution in [2.45, 2.75) is 159 Å². The maximum atomic E-state index is 15.8. The van der Waals surface area contributed by atoms with E-state index in [0.717, 1.165) is 0 Å². The Hall–Kier alpha value is -1.93. The van der Waals surface area contributed by atoms with Gasteiger partial charge in [-0.3, -0.25) is 19.3 Å². The highest BCUT2D eigenvalue weighted by Crippen LogP contribution is 2.70. The maximum absolute atomic E-state index is 15.8. The van der Waals surface area contributed by atoms with Crippen LogP contribution in [0.15, 0.2) is 23.6 Å². The van der Waals surface area contributed by atoms with E-state index in [1.54, 1.807) is 40.7 Å². The highest BCUT2D eigenvalue weighted by molar-refractivity contribution is 6.26. The zero-order valence-corrected chi connectivity index (χ0v) is 33.7. The summed E-state index contributed by atoms with van der Waals surface area (Å²) in [5, 5.41) is 60.1. The normalized spacial score (nSPS) is 45.4. The summed E-state index contributed by atoms with van der Waals surface area (Å²) in [7, 11) is 0. The van der Waals surface area contributed by atoms with Gasteiger partial charge >= 0.3 is 5.97 Å². The van der Waals surface area contributed by atoms with Crippen LogP contribution in [0.5, 0.6) is 0 Å². The highest BCUT2D eigenvalue weighted by Gasteiger charge is 2.73. The van der Waals surface area contributed by atoms with E-state index in [1.807, 2.05) is 11.8 Å². The van der Waals surface area contributed by atoms with Gasteiger partial charge in [-0.1, -0.05) is 40.7 Å². The highest BCUT2D eigenvalue weighted by atomic mass is 35.5. The van der Waals surface area contributed by atoms with E-state index in [2.05, 4.69) is 5.32 Å². The van der Waals surface area contributed by atoms with Gasteiger partial charge in [-0.05, 0) is 101 Å². The zero-order chi connectivity index (χ0) is 40.0. The number of esters is 1. The van der Waals surface area contributed by atoms with Crippen molar-refractivity contribution in [1.82, 2.24) is 10.2 Å². The van der Waals surface area contributed by atoms with Crippen molar-refractivity contribution in [2.75, 3.05) is 19.6 Å². The van der Waals surface area contributed by atoms with E-state index in [1.165, 1.54) is 6.08 Å². The lowest BCUT2D eigenvalue weighted by Gasteiger charge is -2.63. The average molecular weight is 783 g/mol. The van der Waals surface area contributed by atoms with E-state index in [4.69, 9.17) is 16.3 Å². The van der Waals surface area contributed by atoms with Crippen LogP contribution in [0.1, 0.15) is 112 Å². The number of fused-ring (bicyclic) bond motifs is 5. The maximum Gasteiger partial charge on any atom is 0.309 e. The van der Waals surface area contributed by atoms with Crippen LogP contribution in [-0.2, 0) is 19.1 Å². The summed E-state index contributed by atoms with van der Waals surface area (Å²) in [6.07, 6.45) is 1.22. The Balaban J connectivity index is 1.26. The summed E-state index contributed by atoms with van der Waals surface area (Å²) in [5.41, 5.74) is -3.74. The molecule has 6 N–H and O–H groups in total. The molecule has 11 nitrogen and oxygen atoms in total. The van der Waals surface area contributed by atoms with Crippen LogP contribution >= 0.6 is 11.6 Å². The molecule has 0 aromatic heterocycles. The molecule has 306 valence electrons. The number of ether oxygens (including phenoxy) is 1. The Morgan fingerprint density at radius 3 is 2.46 bits per heavy atom. The number of ketones is 1. The van der Waals surface area contributed by atoms with Crippen LogP contribution in [-0.4, -0.2) is 115 Å². The number of carbonyl (C=O) groups excluding carboxylic acids is 3. The Morgan fingerprint density at radius 1 is 1.07 bits per heavy atom. The molecule has 13 heteroatoms. The quantitative estimate of drug-likeness (QED) is 0.131. The minimum absolute atomic E-state index is 0.0248. The number of carbonyl (C=O) groups is 3. The van der Waals surface area contributed by atoms with Crippen LogP contribution in [0.3, 0.4) is 0 Å². The molecule has 3 fully saturated rings. The summed E-state index contributed by atoms with van der Waals surface area (Å²) < 4.78 is 21.5. The van der Waals surface area contributed by atoms with Crippen molar-refractivity contribution in [3.05, 3.63) is 23.6 Å². The largest absolute Gasteiger partial charge is 0.459 e. The molecular formula is C41H64ClFN2O9. The third-order valence-electron chi connectivity index (χ3n) is 14.4. The van der Waals surface area contributed by atoms with Gasteiger partial charge in [-0.15, -0.1) is 11.6 Å². The van der Waals surface area contributed by atoms with Crippen molar-refractivity contribution < 1.29 is 49.0 Å². The minimum atomic E-state index is -1.84. The molecule has 2 saturated carbocycles. The van der Waals surface area contributed by atoms with Gasteiger partial charge in [-0.2, -0.15) is 0 Å². The second-order valence-corrected chi connectivity index (χ2v) is 18.4. The van der Waals surface area contributed by atoms with Gasteiger partial charge in [0.05, 0.1) is 29.1 Å². The monoisotopic (exact) mass is 782 g/mol. The summed E-state index contributed by atoms with van der Waals surface area (Å²) in [6.45, 7) is 12.0. The van der Waals surface area contributed by atoms with Gasteiger partial charge in [0.15, 0.2) is 5.78 Å². The Kier molecular flexibility index (Phi) is 13.2. The van der Waals surface area contributed by atoms with E-state index in [9.17, 15) is 39.9 Å². The molecule has 4 aliphatic carbocycles. The summed E-state index contributed by atoms with van der Waals surface area (Å²) >= 11 is 7.42. The first-order chi connectivity index (χ1) is 25.2. The fraction of sp³-hybridized carbons (Fsp3) is 0.829. The number of rotatable bonds is 6. The second-order valence-electron chi connectivity index (χ2n) is 17.8. The van der Waals surface area contributed by atoms with E-state index < -0.39 is 87.4 Å². The number of nitrogens with zero attached hydrogens (tertiary/aromatic N) is 1. The van der Waals surface area contributed by atoms with Crippen molar-refractivity contribution in [2.24, 2.45) is 34.5 Å². The molecule has 0 radical (unpaired) electrons. The number of halogens is 2. The van der Waals surface area contributed by atoms with Gasteiger partial charge in [0.2, 0.25) is 0 Å². The molecule has 54 heavy (non-hydrogen) atoms. The summed E-state index contributed by atoms with van der Waals surface area (Å²) in [5.74, 6) is -2.92. The van der Waals surface area contributed by atoms with Crippen molar-refractivity contribution in [3.8, 4) is 0 Å². The Bertz CT molecular complexity index is 1480. The van der Waals surface area contributed by atoms with E-state index in [0.29, 0.717) is 63.6 Å². The van der Waals surface area contributed by atoms with Crippen LogP contribution in [0, 0.1) is 34.5 Å². The molecule has 0 spiro atoms. The molecule has 5 rings (SSSR count). The molecule has 0 aromatic carbocycles. The third kappa shape index (κ3) is 7.59. The minimum Gasteiger partial charge on any atom is -0.459 e. The molecule has 1 aliphatic heterocycles. The predicted octanol–water partition coefficient (Wildman–Crippen LogP) is 4.10. The lowest BCUT2D eigenvalue weighted by Crippen LogP contribution is -2.69. The number of amides is 1. The number of aliphatic hydroxyl groups is 5. The first kappa shape index (κ1) is 43.2. The zero-order valence-electron chi connectivity index (χ0n) is 32.9. The Labute approximate surface area is 324 Å². The number of nitrogens with one attached hydrogen (secondary N) is 1. The first-order valence-corrected chi connectivity index (χ1v) is 20.6. The lowest BCUT2D eigenvalue weighted by atomic mass is 9.46. The molecular weight excluding hydrogens is 719 g/mol. The molecule has 14 atom stereocenters. The van der Waals surface area contributed by atoms with Crippen LogP contribution in [0.2, 0.25) is 0 Å². The second kappa shape index (κ2) is 16.5. The van der Waals surface area contributed by atoms with Crippen molar-refractivity contribution in [1.29, 1.82) is 0 Å². The number of hydrogen-bond donors (Lipinski definition) is 6. The number of aliphatic hydroxyl groups excluding tert-OH is 4. The van der Waals surface area contributed by atoms with Crippen molar-refractivity contribution >= 4 is 29.3 Å². The third-order valence-corrected chi connectivity index (χ3v) is 15.3. The van der Waals surface area contributed by atoms with Gasteiger partial charge in [0.1, 0.15) is 23.6 Å². The molecule has 5 aliphatic rings. The van der Waals surface area contributed by atoms with Crippen LogP contribution < -0.4 is 5.32 Å². The number of allylic oxidation sites excluding steroid dienone is 4. The molecule has 1 amide bonds. The summed E-state index contributed by atoms with van der Waals surface area (Å²) in [4.78, 5) is 39.7. The fourth-order valence-corrected chi connectivity index (χ4v) is 11.5. The molecule has 0 aromatic rings. The lowest BCUT2D eigenvalue weighted by molar-refractivity contribution is -0.173. The number of hydrogen-bond acceptors (Lipinski definition) is 10. The predicted molar refractivity (Wildman–Crippen MR) is 202 cm³/mol. The van der Waals surface area contributed by atoms with Gasteiger partial charge in [-0.25, -0.2) is 4.39 Å². The topological polar surface area (TPSA) is 177 Å². The molecule has 2 unspecified atom stereocenters. The van der Waals surface area contributed by atoms with Gasteiger partial charge < -0.3 is 35.6 Å². The molecule has 1 saturated heterocycles. The standard InChI is InChI=1S/C41H64ClFN2O9/c1-7-32-35(50)34(49)25(4)45(16-8-10-26(46)19-23(2)18-24(3)36(51)54-32)17-9-15-44-37(52)40(53)14-12-28-29-21-31(43)30-20-27(47)11-13-38(30,5)41(29,42)33(48)22-39(28,40)6/h11,13,23-26,28-29,32-35,46,48-50,53H,7-10,12,14-22H2,1-6H3,(H,44,52)/t23-,24+,25+,26+,28?,29?,32+,33-,34+,35+,38-,39-,40-,41-/m0/s1. The van der Waals surface area contributed by atoms with Crippen molar-refractivity contribution in [3.63, 3.8) is 0 Å². The summed E-state index contributed by atoms with van der Waals surface area (Å²) in [6, 6.07) is -0.551. The number of cyclic esters (lactones) is 1. The molecule has 1 heterocycles. The smallest absolute Gasteiger partial charge is 0.309 e. The van der Waals surface area contributed by atoms with E-state index >= 15 is 4.39 Å². The van der Waals surface area contributed by atoms with Crippen LogP contribution in [0.4, 0.5) is 4.39 Å². The van der Waals surface area contributed by atoms with E-state index in [-0.39, 0.29) is 49.8 Å². The SMILES string of the molecule is CC[C@H]1OC(=O)[C@H](C)C[C@H](C)C[C@H](O)CCCN(CCCNC(=O)[C@@]2(O)CCC3C4CC(F)=C5CC(=O)C=C[C@]5(C)[C@@]4(Cl)[C@@H](O)C[C@@]32C)[C@H](C)[C@@H](O)[C@@H]1O. The van der Waals surface area contributed by atoms with Gasteiger partial charge in [0.25, 0.3) is 5.91 Å². The van der Waals surface area contributed by atoms with Crippen LogP contribution in [0.25, 0.3) is 0 Å². The van der Waals surface area contributed by atoms with Gasteiger partial charge in [0, 0.05) is 42.8 Å². The first-order valence-electron chi connectivity index (χ1n) is 20.2. The average Bonchev–Trinajstić information content (AvgIpc) is 3.38.